The van der Waals surface area contributed by atoms with E-state index in [2.05, 4.69) is 15.3 Å². The fraction of sp³-hybridized carbons (Fsp3) is 0.615. The van der Waals surface area contributed by atoms with Gasteiger partial charge in [-0.25, -0.2) is 14.8 Å². The second-order valence-electron chi connectivity index (χ2n) is 4.86. The average Bonchev–Trinajstić information content (AvgIpc) is 2.36. The number of aromatic nitrogens is 2. The number of aliphatic hydroxyl groups excluding tert-OH is 1. The number of hydrogen-bond donors (Lipinski definition) is 3. The number of aliphatic hydroxyl groups is 1. The Morgan fingerprint density at radius 2 is 2.11 bits per heavy atom. The van der Waals surface area contributed by atoms with Gasteiger partial charge in [-0.2, -0.15) is 0 Å². The summed E-state index contributed by atoms with van der Waals surface area (Å²) < 4.78 is 0. The molecule has 0 aliphatic rings. The third kappa shape index (κ3) is 4.48. The molecule has 1 rings (SSSR count). The van der Waals surface area contributed by atoms with Crippen molar-refractivity contribution >= 4 is 11.7 Å². The van der Waals surface area contributed by atoms with Crippen molar-refractivity contribution in [3.63, 3.8) is 0 Å². The van der Waals surface area contributed by atoms with Crippen LogP contribution in [0.1, 0.15) is 55.8 Å². The van der Waals surface area contributed by atoms with Gasteiger partial charge in [0.25, 0.3) is 0 Å². The molecule has 0 aliphatic heterocycles. The zero-order valence-corrected chi connectivity index (χ0v) is 11.6. The minimum atomic E-state index is -1.07. The van der Waals surface area contributed by atoms with Crippen LogP contribution in [0.3, 0.4) is 0 Å². The van der Waals surface area contributed by atoms with Gasteiger partial charge in [-0.3, -0.25) is 0 Å². The molecule has 19 heavy (non-hydrogen) atoms. The van der Waals surface area contributed by atoms with E-state index in [1.54, 1.807) is 0 Å². The Kier molecular flexibility index (Phi) is 5.69. The normalized spacial score (nSPS) is 12.5. The van der Waals surface area contributed by atoms with E-state index in [0.29, 0.717) is 17.9 Å². The van der Waals surface area contributed by atoms with E-state index < -0.39 is 5.97 Å². The summed E-state index contributed by atoms with van der Waals surface area (Å²) >= 11 is 0. The van der Waals surface area contributed by atoms with E-state index >= 15 is 0 Å². The van der Waals surface area contributed by atoms with Crippen molar-refractivity contribution in [1.29, 1.82) is 0 Å². The Balaban J connectivity index is 2.91. The van der Waals surface area contributed by atoms with E-state index in [4.69, 9.17) is 5.11 Å². The zero-order valence-electron chi connectivity index (χ0n) is 11.6. The lowest BCUT2D eigenvalue weighted by Crippen LogP contribution is -2.19. The van der Waals surface area contributed by atoms with E-state index in [-0.39, 0.29) is 24.3 Å². The topological polar surface area (TPSA) is 95.3 Å². The summed E-state index contributed by atoms with van der Waals surface area (Å²) in [6, 6.07) is 0.0544. The van der Waals surface area contributed by atoms with Crippen LogP contribution in [-0.4, -0.2) is 38.8 Å². The molecular formula is C13H21N3O3. The second kappa shape index (κ2) is 7.04. The first kappa shape index (κ1) is 15.4. The smallest absolute Gasteiger partial charge is 0.356 e. The van der Waals surface area contributed by atoms with Gasteiger partial charge in [0.2, 0.25) is 0 Å². The summed E-state index contributed by atoms with van der Waals surface area (Å²) in [5.74, 6) is -0.467. The first-order chi connectivity index (χ1) is 8.95. The molecule has 0 fully saturated rings. The fourth-order valence-electron chi connectivity index (χ4n) is 1.68. The third-order valence-electron chi connectivity index (χ3n) is 2.72. The highest BCUT2D eigenvalue weighted by Gasteiger charge is 2.16. The molecule has 0 saturated carbocycles. The maximum atomic E-state index is 11.2. The Morgan fingerprint density at radius 3 is 2.63 bits per heavy atom. The first-order valence-corrected chi connectivity index (χ1v) is 6.43. The Morgan fingerprint density at radius 1 is 1.42 bits per heavy atom. The quantitative estimate of drug-likeness (QED) is 0.698. The number of nitrogens with one attached hydrogen (secondary N) is 1. The number of rotatable bonds is 7. The van der Waals surface area contributed by atoms with Gasteiger partial charge in [0.1, 0.15) is 5.82 Å². The van der Waals surface area contributed by atoms with Crippen LogP contribution in [0.5, 0.6) is 0 Å². The summed E-state index contributed by atoms with van der Waals surface area (Å²) in [6.45, 7) is 5.88. The number of carboxylic acid groups (broad SMARTS) is 1. The summed E-state index contributed by atoms with van der Waals surface area (Å²) in [5, 5.41) is 21.0. The number of carboxylic acids is 1. The third-order valence-corrected chi connectivity index (χ3v) is 2.72. The molecule has 3 N–H and O–H groups in total. The summed E-state index contributed by atoms with van der Waals surface area (Å²) in [6.07, 6.45) is 2.93. The maximum Gasteiger partial charge on any atom is 0.356 e. The molecule has 0 saturated heterocycles. The van der Waals surface area contributed by atoms with Crippen molar-refractivity contribution in [2.45, 2.75) is 45.6 Å². The van der Waals surface area contributed by atoms with Crippen LogP contribution in [-0.2, 0) is 0 Å². The fourth-order valence-corrected chi connectivity index (χ4v) is 1.68. The summed E-state index contributed by atoms with van der Waals surface area (Å²) in [5.41, 5.74) is 0.414. The molecule has 0 radical (unpaired) electrons. The van der Waals surface area contributed by atoms with E-state index in [1.165, 1.54) is 6.20 Å². The number of anilines is 1. The molecule has 1 aromatic heterocycles. The van der Waals surface area contributed by atoms with Gasteiger partial charge < -0.3 is 15.5 Å². The SMILES string of the molecule is CC(CCCO)Nc1cnc(C(C)C)nc1C(=O)O. The Labute approximate surface area is 112 Å². The minimum Gasteiger partial charge on any atom is -0.476 e. The van der Waals surface area contributed by atoms with Crippen LogP contribution in [0.4, 0.5) is 5.69 Å². The predicted octanol–water partition coefficient (Wildman–Crippen LogP) is 1.87. The summed E-state index contributed by atoms with van der Waals surface area (Å²) in [4.78, 5) is 19.5. The molecular weight excluding hydrogens is 246 g/mol. The van der Waals surface area contributed by atoms with Gasteiger partial charge >= 0.3 is 5.97 Å². The molecule has 106 valence electrons. The largest absolute Gasteiger partial charge is 0.476 e. The van der Waals surface area contributed by atoms with Crippen molar-refractivity contribution < 1.29 is 15.0 Å². The van der Waals surface area contributed by atoms with Crippen LogP contribution < -0.4 is 5.32 Å². The number of aromatic carboxylic acids is 1. The highest BCUT2D eigenvalue weighted by molar-refractivity contribution is 5.91. The maximum absolute atomic E-state index is 11.2. The molecule has 1 aromatic rings. The predicted molar refractivity (Wildman–Crippen MR) is 72.5 cm³/mol. The van der Waals surface area contributed by atoms with Crippen molar-refractivity contribution in [3.8, 4) is 0 Å². The van der Waals surface area contributed by atoms with E-state index in [1.807, 2.05) is 20.8 Å². The highest BCUT2D eigenvalue weighted by atomic mass is 16.4. The van der Waals surface area contributed by atoms with Crippen LogP contribution in [0.25, 0.3) is 0 Å². The standard InChI is InChI=1S/C13H21N3O3/c1-8(2)12-14-7-10(11(16-12)13(18)19)15-9(3)5-4-6-17/h7-9,15,17H,4-6H2,1-3H3,(H,18,19). The lowest BCUT2D eigenvalue weighted by atomic mass is 10.1. The average molecular weight is 267 g/mol. The molecule has 0 bridgehead atoms. The van der Waals surface area contributed by atoms with Crippen LogP contribution in [0.15, 0.2) is 6.20 Å². The lowest BCUT2D eigenvalue weighted by Gasteiger charge is -2.16. The van der Waals surface area contributed by atoms with Crippen molar-refractivity contribution in [2.24, 2.45) is 0 Å². The molecule has 0 aromatic carbocycles. The number of carbonyl (C=O) groups is 1. The van der Waals surface area contributed by atoms with E-state index in [9.17, 15) is 9.90 Å². The highest BCUT2D eigenvalue weighted by Crippen LogP contribution is 2.18. The van der Waals surface area contributed by atoms with Gasteiger partial charge in [0.15, 0.2) is 5.69 Å². The molecule has 1 unspecified atom stereocenters. The van der Waals surface area contributed by atoms with Crippen LogP contribution >= 0.6 is 0 Å². The van der Waals surface area contributed by atoms with Crippen molar-refractivity contribution in [2.75, 3.05) is 11.9 Å². The van der Waals surface area contributed by atoms with Gasteiger partial charge in [-0.15, -0.1) is 0 Å². The van der Waals surface area contributed by atoms with Crippen LogP contribution in [0, 0.1) is 0 Å². The van der Waals surface area contributed by atoms with Gasteiger partial charge in [-0.1, -0.05) is 13.8 Å². The molecule has 0 spiro atoms. The van der Waals surface area contributed by atoms with Gasteiger partial charge in [-0.05, 0) is 19.8 Å². The monoisotopic (exact) mass is 267 g/mol. The van der Waals surface area contributed by atoms with Gasteiger partial charge in [0, 0.05) is 18.6 Å². The van der Waals surface area contributed by atoms with Gasteiger partial charge in [0.05, 0.1) is 11.9 Å². The van der Waals surface area contributed by atoms with Crippen molar-refractivity contribution in [3.05, 3.63) is 17.7 Å². The molecule has 1 heterocycles. The first-order valence-electron chi connectivity index (χ1n) is 6.43. The zero-order chi connectivity index (χ0) is 14.4. The molecule has 0 aliphatic carbocycles. The second-order valence-corrected chi connectivity index (χ2v) is 4.86. The number of nitrogens with zero attached hydrogens (tertiary/aromatic N) is 2. The van der Waals surface area contributed by atoms with Crippen LogP contribution in [0.2, 0.25) is 0 Å². The molecule has 6 heteroatoms. The number of hydrogen-bond acceptors (Lipinski definition) is 5. The lowest BCUT2D eigenvalue weighted by molar-refractivity contribution is 0.0691. The molecule has 6 nitrogen and oxygen atoms in total. The van der Waals surface area contributed by atoms with E-state index in [0.717, 1.165) is 6.42 Å². The van der Waals surface area contributed by atoms with Crippen molar-refractivity contribution in [1.82, 2.24) is 9.97 Å². The molecule has 0 amide bonds. The molecule has 1 atom stereocenters. The Hall–Kier alpha value is -1.69. The minimum absolute atomic E-state index is 0.00505. The summed E-state index contributed by atoms with van der Waals surface area (Å²) in [7, 11) is 0. The Bertz CT molecular complexity index is 435.